The number of piperidine rings is 1. The van der Waals surface area contributed by atoms with Crippen LogP contribution < -0.4 is 16.2 Å². The van der Waals surface area contributed by atoms with Gasteiger partial charge < -0.3 is 30.2 Å². The van der Waals surface area contributed by atoms with E-state index in [0.29, 0.717) is 40.8 Å². The zero-order valence-electron chi connectivity index (χ0n) is 24.9. The molecular formula is C34H35N7O3. The van der Waals surface area contributed by atoms with Gasteiger partial charge >= 0.3 is 0 Å². The number of nitrogens with zero attached hydrogens (tertiary/aromatic N) is 5. The Morgan fingerprint density at radius 1 is 1.00 bits per heavy atom. The fourth-order valence-electron chi connectivity index (χ4n) is 7.32. The third kappa shape index (κ3) is 4.19. The molecule has 2 amide bonds. The summed E-state index contributed by atoms with van der Waals surface area (Å²) in [6.45, 7) is 1.54. The first-order chi connectivity index (χ1) is 21.3. The Balaban J connectivity index is 1.24. The number of aryl methyl sites for hydroxylation is 1. The molecule has 4 heterocycles. The Bertz CT molecular complexity index is 1990. The maximum Gasteiger partial charge on any atom is 0.254 e. The largest absolute Gasteiger partial charge is 0.494 e. The molecule has 10 nitrogen and oxygen atoms in total. The van der Waals surface area contributed by atoms with Crippen molar-refractivity contribution in [2.24, 2.45) is 30.4 Å². The maximum absolute atomic E-state index is 13.7. The number of likely N-dealkylation sites (tertiary alicyclic amines) is 1. The summed E-state index contributed by atoms with van der Waals surface area (Å²) in [5.41, 5.74) is 17.9. The summed E-state index contributed by atoms with van der Waals surface area (Å²) >= 11 is 0. The fourth-order valence-corrected chi connectivity index (χ4v) is 7.32. The summed E-state index contributed by atoms with van der Waals surface area (Å²) < 4.78 is 10.1. The van der Waals surface area contributed by atoms with Gasteiger partial charge in [-0.15, -0.1) is 0 Å². The highest BCUT2D eigenvalue weighted by Gasteiger charge is 2.47. The molecule has 0 unspecified atom stereocenters. The van der Waals surface area contributed by atoms with Crippen LogP contribution in [0.1, 0.15) is 46.4 Å². The number of methoxy groups -OCH3 is 1. The van der Waals surface area contributed by atoms with E-state index in [1.54, 1.807) is 19.2 Å². The van der Waals surface area contributed by atoms with Crippen LogP contribution in [0.4, 0.5) is 0 Å². The van der Waals surface area contributed by atoms with Gasteiger partial charge in [0.2, 0.25) is 5.91 Å². The van der Waals surface area contributed by atoms with Crippen LogP contribution in [0.2, 0.25) is 0 Å². The lowest BCUT2D eigenvalue weighted by Crippen LogP contribution is -2.41. The molecule has 2 bridgehead atoms. The van der Waals surface area contributed by atoms with Crippen molar-refractivity contribution in [2.75, 3.05) is 13.7 Å². The summed E-state index contributed by atoms with van der Waals surface area (Å²) in [7, 11) is 3.62. The number of pyridine rings is 1. The normalized spacial score (nSPS) is 21.1. The van der Waals surface area contributed by atoms with Gasteiger partial charge in [-0.05, 0) is 80.0 Å². The van der Waals surface area contributed by atoms with Gasteiger partial charge in [0.25, 0.3) is 5.91 Å². The van der Waals surface area contributed by atoms with E-state index >= 15 is 0 Å². The highest BCUT2D eigenvalue weighted by Crippen LogP contribution is 2.40. The molecule has 2 saturated carbocycles. The molecule has 3 aromatic heterocycles. The SMILES string of the molecule is COc1cc(C(=O)N2C[C@H]3CC[C@@H]2[C@@H]3N)cc2nc(-c3cc4ccc(-c5cccc(C(N)=O)c5)nc4n3CC3CC3)n(C)c12. The van der Waals surface area contributed by atoms with Crippen LogP contribution in [-0.4, -0.2) is 61.6 Å². The number of aromatic nitrogens is 4. The van der Waals surface area contributed by atoms with E-state index < -0.39 is 5.91 Å². The predicted octanol–water partition coefficient (Wildman–Crippen LogP) is 4.34. The number of carbonyl (C=O) groups excluding carboxylic acids is 2. The number of imidazole rings is 1. The van der Waals surface area contributed by atoms with E-state index in [1.807, 2.05) is 46.8 Å². The number of ether oxygens (including phenoxy) is 1. The Labute approximate surface area is 254 Å². The lowest BCUT2D eigenvalue weighted by Gasteiger charge is -2.27. The Morgan fingerprint density at radius 3 is 2.55 bits per heavy atom. The second-order valence-corrected chi connectivity index (χ2v) is 12.6. The minimum atomic E-state index is -0.467. The molecule has 1 aliphatic heterocycles. The van der Waals surface area contributed by atoms with Crippen LogP contribution >= 0.6 is 0 Å². The molecule has 0 spiro atoms. The number of amides is 2. The molecule has 4 N–H and O–H groups in total. The standard InChI is InChI=1S/C34H35N7O3/c1-39-30-25(13-23(15-28(30)44-2)34(43)41-17-22-9-11-26(41)29(22)35)38-33(39)27-14-21-8-10-24(19-4-3-5-20(12-19)31(36)42)37-32(21)40(27)16-18-6-7-18/h3-5,8,10,12-15,18,22,26,29H,6-7,9,11,16-17,35H2,1-2H3,(H2,36,42)/t22-,26-,29-/m1/s1. The van der Waals surface area contributed by atoms with Gasteiger partial charge in [-0.1, -0.05) is 12.1 Å². The molecule has 44 heavy (non-hydrogen) atoms. The van der Waals surface area contributed by atoms with Gasteiger partial charge in [-0.2, -0.15) is 0 Å². The zero-order valence-corrected chi connectivity index (χ0v) is 24.9. The Hall–Kier alpha value is -4.70. The Kier molecular flexibility index (Phi) is 6.06. The first-order valence-electron chi connectivity index (χ1n) is 15.3. The number of rotatable bonds is 7. The van der Waals surface area contributed by atoms with Crippen LogP contribution in [0.5, 0.6) is 5.75 Å². The zero-order chi connectivity index (χ0) is 30.3. The molecule has 3 atom stereocenters. The van der Waals surface area contributed by atoms with Gasteiger partial charge in [0.05, 0.1) is 24.0 Å². The van der Waals surface area contributed by atoms with Gasteiger partial charge in [-0.25, -0.2) is 9.97 Å². The first kappa shape index (κ1) is 26.9. The van der Waals surface area contributed by atoms with E-state index in [4.69, 9.17) is 26.2 Å². The average molecular weight is 590 g/mol. The maximum atomic E-state index is 13.7. The van der Waals surface area contributed by atoms with Crippen molar-refractivity contribution in [1.82, 2.24) is 24.0 Å². The summed E-state index contributed by atoms with van der Waals surface area (Å²) in [6, 6.07) is 17.3. The first-order valence-corrected chi connectivity index (χ1v) is 15.3. The monoisotopic (exact) mass is 589 g/mol. The number of fused-ring (bicyclic) bond motifs is 4. The van der Waals surface area contributed by atoms with Crippen LogP contribution in [0.15, 0.2) is 54.6 Å². The third-order valence-corrected chi connectivity index (χ3v) is 9.87. The Morgan fingerprint density at radius 2 is 1.84 bits per heavy atom. The molecule has 2 aromatic carbocycles. The van der Waals surface area contributed by atoms with Crippen LogP contribution in [-0.2, 0) is 13.6 Å². The number of benzene rings is 2. The number of primary amides is 1. The van der Waals surface area contributed by atoms with Crippen molar-refractivity contribution >= 4 is 33.9 Å². The van der Waals surface area contributed by atoms with E-state index in [1.165, 1.54) is 12.8 Å². The average Bonchev–Trinajstić information content (AvgIpc) is 3.44. The van der Waals surface area contributed by atoms with Crippen molar-refractivity contribution in [3.05, 3.63) is 65.7 Å². The quantitative estimate of drug-likeness (QED) is 0.290. The van der Waals surface area contributed by atoms with Crippen LogP contribution in [0.3, 0.4) is 0 Å². The molecule has 3 fully saturated rings. The second-order valence-electron chi connectivity index (χ2n) is 12.6. The number of carbonyl (C=O) groups is 2. The van der Waals surface area contributed by atoms with Crippen molar-refractivity contribution in [1.29, 1.82) is 0 Å². The number of hydrogen-bond donors (Lipinski definition) is 2. The topological polar surface area (TPSA) is 134 Å². The van der Waals surface area contributed by atoms with Crippen molar-refractivity contribution in [3.63, 3.8) is 0 Å². The molecule has 3 aliphatic rings. The van der Waals surface area contributed by atoms with E-state index in [-0.39, 0.29) is 18.0 Å². The summed E-state index contributed by atoms with van der Waals surface area (Å²) in [5, 5.41) is 1.01. The molecule has 2 aliphatic carbocycles. The highest BCUT2D eigenvalue weighted by atomic mass is 16.5. The molecule has 0 radical (unpaired) electrons. The van der Waals surface area contributed by atoms with Crippen molar-refractivity contribution < 1.29 is 14.3 Å². The van der Waals surface area contributed by atoms with Crippen molar-refractivity contribution in [3.8, 4) is 28.5 Å². The highest BCUT2D eigenvalue weighted by molar-refractivity contribution is 6.00. The van der Waals surface area contributed by atoms with E-state index in [0.717, 1.165) is 58.7 Å². The van der Waals surface area contributed by atoms with E-state index in [2.05, 4.69) is 16.7 Å². The minimum Gasteiger partial charge on any atom is -0.494 e. The van der Waals surface area contributed by atoms with Gasteiger partial charge in [0, 0.05) is 54.3 Å². The van der Waals surface area contributed by atoms with Crippen molar-refractivity contribution in [2.45, 2.75) is 44.3 Å². The smallest absolute Gasteiger partial charge is 0.254 e. The summed E-state index contributed by atoms with van der Waals surface area (Å²) in [5.74, 6) is 1.88. The second kappa shape index (κ2) is 9.92. The number of nitrogens with two attached hydrogens (primary N) is 2. The molecule has 1 saturated heterocycles. The molecular weight excluding hydrogens is 554 g/mol. The molecule has 8 rings (SSSR count). The minimum absolute atomic E-state index is 0.0139. The summed E-state index contributed by atoms with van der Waals surface area (Å²) in [6.07, 6.45) is 4.42. The van der Waals surface area contributed by atoms with Crippen LogP contribution in [0.25, 0.3) is 44.8 Å². The van der Waals surface area contributed by atoms with E-state index in [9.17, 15) is 9.59 Å². The fraction of sp³-hybridized carbons (Fsp3) is 0.353. The molecule has 5 aromatic rings. The predicted molar refractivity (Wildman–Crippen MR) is 168 cm³/mol. The lowest BCUT2D eigenvalue weighted by atomic mass is 10.1. The molecule has 10 heteroatoms. The molecule has 224 valence electrons. The van der Waals surface area contributed by atoms with Gasteiger partial charge in [-0.3, -0.25) is 9.59 Å². The number of hydrogen-bond acceptors (Lipinski definition) is 6. The third-order valence-electron chi connectivity index (χ3n) is 9.87. The lowest BCUT2D eigenvalue weighted by molar-refractivity contribution is 0.0700. The van der Waals surface area contributed by atoms with Gasteiger partial charge in [0.1, 0.15) is 16.9 Å². The van der Waals surface area contributed by atoms with Gasteiger partial charge in [0.15, 0.2) is 5.82 Å². The summed E-state index contributed by atoms with van der Waals surface area (Å²) in [4.78, 5) is 37.7. The van der Waals surface area contributed by atoms with Crippen LogP contribution in [0, 0.1) is 11.8 Å².